The first-order valence-electron chi connectivity index (χ1n) is 8.84. The van der Waals surface area contributed by atoms with Crippen molar-refractivity contribution in [1.29, 1.82) is 0 Å². The number of rotatable bonds is 2. The minimum Gasteiger partial charge on any atom is -0.508 e. The van der Waals surface area contributed by atoms with Crippen LogP contribution in [0.1, 0.15) is 27.7 Å². The van der Waals surface area contributed by atoms with E-state index < -0.39 is 11.9 Å². The first-order valence-corrected chi connectivity index (χ1v) is 9.22. The Morgan fingerprint density at radius 2 is 1.86 bits per heavy atom. The topological polar surface area (TPSA) is 83.6 Å². The number of halogens is 1. The summed E-state index contributed by atoms with van der Waals surface area (Å²) in [4.78, 5) is 32.3. The highest BCUT2D eigenvalue weighted by atomic mass is 35.5. The second kappa shape index (κ2) is 6.46. The van der Waals surface area contributed by atoms with Gasteiger partial charge in [-0.1, -0.05) is 35.9 Å². The number of phenols is 1. The van der Waals surface area contributed by atoms with E-state index in [9.17, 15) is 14.7 Å². The number of carbonyl (C=O) groups is 1. The molecule has 29 heavy (non-hydrogen) atoms. The summed E-state index contributed by atoms with van der Waals surface area (Å²) >= 11 is 5.95. The van der Waals surface area contributed by atoms with E-state index in [2.05, 4.69) is 4.98 Å². The molecule has 0 radical (unpaired) electrons. The lowest BCUT2D eigenvalue weighted by Gasteiger charge is -2.24. The number of benzene rings is 2. The van der Waals surface area contributed by atoms with E-state index in [0.717, 1.165) is 0 Å². The van der Waals surface area contributed by atoms with Crippen LogP contribution < -0.4 is 10.3 Å². The van der Waals surface area contributed by atoms with Crippen molar-refractivity contribution in [3.8, 4) is 5.75 Å². The van der Waals surface area contributed by atoms with Crippen molar-refractivity contribution >= 4 is 34.3 Å². The summed E-state index contributed by atoms with van der Waals surface area (Å²) < 4.78 is 5.85. The number of nitrogens with zero attached hydrogens (tertiary/aromatic N) is 2. The van der Waals surface area contributed by atoms with Gasteiger partial charge in [0, 0.05) is 6.20 Å². The van der Waals surface area contributed by atoms with Crippen LogP contribution in [0.3, 0.4) is 0 Å². The third-order valence-electron chi connectivity index (χ3n) is 4.92. The lowest BCUT2D eigenvalue weighted by atomic mass is 9.98. The summed E-state index contributed by atoms with van der Waals surface area (Å²) in [5, 5.41) is 10.8. The molecule has 0 saturated carbocycles. The number of pyridine rings is 1. The molecule has 0 unspecified atom stereocenters. The number of hydrogen-bond donors (Lipinski definition) is 1. The minimum atomic E-state index is -0.792. The molecule has 6 nitrogen and oxygen atoms in total. The molecule has 1 N–H and O–H groups in total. The fourth-order valence-electron chi connectivity index (χ4n) is 3.68. The standard InChI is InChI=1S/C22H13ClN2O4/c23-13-8-9-17(24-11-13)25-19(12-4-3-5-14(26)10-12)18-20(27)15-6-1-2-7-16(15)29-21(18)22(25)28/h1-11,19,26H/t19-/m0/s1. The predicted octanol–water partition coefficient (Wildman–Crippen LogP) is 4.30. The van der Waals surface area contributed by atoms with E-state index in [0.29, 0.717) is 27.4 Å². The van der Waals surface area contributed by atoms with Gasteiger partial charge in [0.05, 0.1) is 22.0 Å². The number of anilines is 1. The van der Waals surface area contributed by atoms with Crippen LogP contribution in [0.4, 0.5) is 5.82 Å². The highest BCUT2D eigenvalue weighted by molar-refractivity contribution is 6.30. The van der Waals surface area contributed by atoms with E-state index in [4.69, 9.17) is 16.0 Å². The van der Waals surface area contributed by atoms with Gasteiger partial charge in [0.25, 0.3) is 5.91 Å². The molecule has 2 aromatic carbocycles. The molecule has 0 saturated heterocycles. The smallest absolute Gasteiger partial charge is 0.296 e. The molecule has 1 atom stereocenters. The molecule has 142 valence electrons. The second-order valence-corrected chi connectivity index (χ2v) is 7.11. The number of amides is 1. The molecular formula is C22H13ClN2O4. The Morgan fingerprint density at radius 3 is 2.62 bits per heavy atom. The van der Waals surface area contributed by atoms with Crippen molar-refractivity contribution in [1.82, 2.24) is 4.98 Å². The number of aromatic hydroxyl groups is 1. The Kier molecular flexibility index (Phi) is 3.89. The molecule has 7 heteroatoms. The summed E-state index contributed by atoms with van der Waals surface area (Å²) in [6.07, 6.45) is 1.43. The van der Waals surface area contributed by atoms with Gasteiger partial charge in [-0.25, -0.2) is 4.98 Å². The van der Waals surface area contributed by atoms with Gasteiger partial charge >= 0.3 is 0 Å². The highest BCUT2D eigenvalue weighted by Gasteiger charge is 2.44. The lowest BCUT2D eigenvalue weighted by molar-refractivity contribution is 0.0970. The maximum absolute atomic E-state index is 13.3. The van der Waals surface area contributed by atoms with Crippen molar-refractivity contribution in [2.75, 3.05) is 4.90 Å². The number of carbonyl (C=O) groups excluding carboxylic acids is 1. The van der Waals surface area contributed by atoms with E-state index >= 15 is 0 Å². The number of hydrogen-bond acceptors (Lipinski definition) is 5. The third-order valence-corrected chi connectivity index (χ3v) is 5.15. The van der Waals surface area contributed by atoms with Crippen molar-refractivity contribution in [2.24, 2.45) is 0 Å². The zero-order valence-corrected chi connectivity index (χ0v) is 15.6. The van der Waals surface area contributed by atoms with E-state index in [1.165, 1.54) is 23.2 Å². The van der Waals surface area contributed by atoms with Gasteiger partial charge in [-0.05, 0) is 42.0 Å². The SMILES string of the molecule is O=C1c2oc3ccccc3c(=O)c2[C@H](c2cccc(O)c2)N1c1ccc(Cl)cn1. The number of aromatic nitrogens is 1. The molecular weight excluding hydrogens is 392 g/mol. The molecule has 0 fully saturated rings. The largest absolute Gasteiger partial charge is 0.508 e. The van der Waals surface area contributed by atoms with E-state index in [-0.39, 0.29) is 22.5 Å². The fraction of sp³-hybridized carbons (Fsp3) is 0.0455. The molecule has 1 amide bonds. The molecule has 0 spiro atoms. The van der Waals surface area contributed by atoms with Crippen LogP contribution in [0.2, 0.25) is 5.02 Å². The molecule has 1 aliphatic rings. The Labute approximate surface area is 169 Å². The molecule has 1 aliphatic heterocycles. The lowest BCUT2D eigenvalue weighted by Crippen LogP contribution is -2.30. The Hall–Kier alpha value is -3.64. The first-order chi connectivity index (χ1) is 14.0. The Balaban J connectivity index is 1.82. The minimum absolute atomic E-state index is 0.0255. The average molecular weight is 405 g/mol. The van der Waals surface area contributed by atoms with Gasteiger partial charge in [0.1, 0.15) is 17.2 Å². The normalized spacial score (nSPS) is 15.7. The summed E-state index contributed by atoms with van der Waals surface area (Å²) in [6, 6.07) is 15.7. The number of para-hydroxylation sites is 1. The van der Waals surface area contributed by atoms with Crippen LogP contribution in [0.25, 0.3) is 11.0 Å². The molecule has 0 aliphatic carbocycles. The van der Waals surface area contributed by atoms with E-state index in [1.807, 2.05) is 0 Å². The molecule has 4 aromatic rings. The van der Waals surface area contributed by atoms with Crippen LogP contribution in [-0.4, -0.2) is 16.0 Å². The van der Waals surface area contributed by atoms with Crippen molar-refractivity contribution in [3.05, 3.63) is 99.0 Å². The van der Waals surface area contributed by atoms with Gasteiger partial charge in [-0.3, -0.25) is 14.5 Å². The van der Waals surface area contributed by atoms with Crippen molar-refractivity contribution < 1.29 is 14.3 Å². The Bertz CT molecular complexity index is 1330. The zero-order chi connectivity index (χ0) is 20.1. The first kappa shape index (κ1) is 17.5. The Morgan fingerprint density at radius 1 is 1.03 bits per heavy atom. The van der Waals surface area contributed by atoms with Crippen LogP contribution in [0, 0.1) is 0 Å². The van der Waals surface area contributed by atoms with Crippen LogP contribution in [-0.2, 0) is 0 Å². The summed E-state index contributed by atoms with van der Waals surface area (Å²) in [5.41, 5.74) is 0.831. The van der Waals surface area contributed by atoms with Gasteiger partial charge < -0.3 is 9.52 Å². The van der Waals surface area contributed by atoms with Crippen LogP contribution in [0.15, 0.2) is 76.1 Å². The number of phenolic OH excluding ortho intramolecular Hbond substituents is 1. The van der Waals surface area contributed by atoms with Gasteiger partial charge in [-0.15, -0.1) is 0 Å². The summed E-state index contributed by atoms with van der Waals surface area (Å²) in [6.45, 7) is 0. The molecule has 2 aromatic heterocycles. The predicted molar refractivity (Wildman–Crippen MR) is 108 cm³/mol. The maximum atomic E-state index is 13.3. The third kappa shape index (κ3) is 2.68. The summed E-state index contributed by atoms with van der Waals surface area (Å²) in [5.74, 6) is -0.162. The van der Waals surface area contributed by atoms with Crippen LogP contribution in [0.5, 0.6) is 5.75 Å². The van der Waals surface area contributed by atoms with Crippen molar-refractivity contribution in [2.45, 2.75) is 6.04 Å². The molecule has 0 bridgehead atoms. The highest BCUT2D eigenvalue weighted by Crippen LogP contribution is 2.41. The van der Waals surface area contributed by atoms with Gasteiger partial charge in [0.15, 0.2) is 5.43 Å². The maximum Gasteiger partial charge on any atom is 0.296 e. The monoisotopic (exact) mass is 404 g/mol. The van der Waals surface area contributed by atoms with Crippen LogP contribution >= 0.6 is 11.6 Å². The number of fused-ring (bicyclic) bond motifs is 2. The summed E-state index contributed by atoms with van der Waals surface area (Å²) in [7, 11) is 0. The van der Waals surface area contributed by atoms with Crippen molar-refractivity contribution in [3.63, 3.8) is 0 Å². The van der Waals surface area contributed by atoms with E-state index in [1.54, 1.807) is 48.5 Å². The molecule has 5 rings (SSSR count). The fourth-order valence-corrected chi connectivity index (χ4v) is 3.79. The quantitative estimate of drug-likeness (QED) is 0.538. The second-order valence-electron chi connectivity index (χ2n) is 6.68. The molecule has 3 heterocycles. The van der Waals surface area contributed by atoms with Gasteiger partial charge in [-0.2, -0.15) is 0 Å². The average Bonchev–Trinajstić information content (AvgIpc) is 3.02. The van der Waals surface area contributed by atoms with Gasteiger partial charge in [0.2, 0.25) is 5.76 Å². The zero-order valence-electron chi connectivity index (χ0n) is 14.9.